The van der Waals surface area contributed by atoms with E-state index in [9.17, 15) is 0 Å². The van der Waals surface area contributed by atoms with Crippen LogP contribution in [0.3, 0.4) is 0 Å². The molecular formula is C7H7ClN2O. The number of nitrogens with two attached hydrogens (primary N) is 1. The molecule has 0 bridgehead atoms. The molecule has 58 valence electrons. The SMILES string of the molecule is Cl.Nc1cncc2ccoc12. The number of rotatable bonds is 0. The van der Waals surface area contributed by atoms with Crippen molar-refractivity contribution in [3.05, 3.63) is 24.7 Å². The second-order valence-electron chi connectivity index (χ2n) is 2.07. The fraction of sp³-hybridized carbons (Fsp3) is 0. The molecule has 0 aromatic carbocycles. The van der Waals surface area contributed by atoms with E-state index >= 15 is 0 Å². The van der Waals surface area contributed by atoms with Gasteiger partial charge in [-0.2, -0.15) is 0 Å². The van der Waals surface area contributed by atoms with E-state index in [0.717, 1.165) is 11.0 Å². The number of hydrogen-bond donors (Lipinski definition) is 1. The lowest BCUT2D eigenvalue weighted by molar-refractivity contribution is 0.617. The molecule has 0 aliphatic carbocycles. The van der Waals surface area contributed by atoms with Crippen molar-refractivity contribution in [2.24, 2.45) is 0 Å². The maximum atomic E-state index is 5.54. The number of hydrogen-bond acceptors (Lipinski definition) is 3. The Labute approximate surface area is 69.6 Å². The van der Waals surface area contributed by atoms with Gasteiger partial charge in [-0.3, -0.25) is 4.98 Å². The first-order valence-corrected chi connectivity index (χ1v) is 2.94. The first-order chi connectivity index (χ1) is 4.88. The Morgan fingerprint density at radius 3 is 2.91 bits per heavy atom. The maximum Gasteiger partial charge on any atom is 0.159 e. The molecule has 0 fully saturated rings. The van der Waals surface area contributed by atoms with Gasteiger partial charge in [0.2, 0.25) is 0 Å². The number of anilines is 1. The lowest BCUT2D eigenvalue weighted by Gasteiger charge is -1.90. The van der Waals surface area contributed by atoms with Crippen molar-refractivity contribution in [2.75, 3.05) is 5.73 Å². The summed E-state index contributed by atoms with van der Waals surface area (Å²) < 4.78 is 5.08. The maximum absolute atomic E-state index is 5.54. The monoisotopic (exact) mass is 170 g/mol. The molecule has 2 N–H and O–H groups in total. The predicted octanol–water partition coefficient (Wildman–Crippen LogP) is 1.83. The molecule has 2 aromatic heterocycles. The van der Waals surface area contributed by atoms with Gasteiger partial charge in [-0.1, -0.05) is 0 Å². The van der Waals surface area contributed by atoms with Gasteiger partial charge in [0.1, 0.15) is 0 Å². The number of furan rings is 1. The average molecular weight is 171 g/mol. The molecule has 0 spiro atoms. The Balaban J connectivity index is 0.000000605. The van der Waals surface area contributed by atoms with Crippen LogP contribution in [0.25, 0.3) is 11.0 Å². The van der Waals surface area contributed by atoms with E-state index in [0.29, 0.717) is 5.69 Å². The molecular weight excluding hydrogens is 164 g/mol. The number of nitrogens with zero attached hydrogens (tertiary/aromatic N) is 1. The summed E-state index contributed by atoms with van der Waals surface area (Å²) in [5.74, 6) is 0. The third-order valence-corrected chi connectivity index (χ3v) is 1.39. The molecule has 0 unspecified atom stereocenters. The van der Waals surface area contributed by atoms with E-state index in [-0.39, 0.29) is 12.4 Å². The summed E-state index contributed by atoms with van der Waals surface area (Å²) >= 11 is 0. The molecule has 3 nitrogen and oxygen atoms in total. The van der Waals surface area contributed by atoms with Crippen molar-refractivity contribution >= 4 is 29.1 Å². The van der Waals surface area contributed by atoms with Crippen LogP contribution in [0.2, 0.25) is 0 Å². The predicted molar refractivity (Wildman–Crippen MR) is 45.7 cm³/mol. The summed E-state index contributed by atoms with van der Waals surface area (Å²) in [6.45, 7) is 0. The molecule has 0 aliphatic rings. The molecule has 2 aromatic rings. The minimum Gasteiger partial charge on any atom is -0.462 e. The standard InChI is InChI=1S/C7H6N2O.ClH/c8-6-4-9-3-5-1-2-10-7(5)6;/h1-4H,8H2;1H. The molecule has 2 heterocycles. The Morgan fingerprint density at radius 1 is 1.36 bits per heavy atom. The smallest absolute Gasteiger partial charge is 0.159 e. The van der Waals surface area contributed by atoms with Crippen molar-refractivity contribution < 1.29 is 4.42 Å². The minimum absolute atomic E-state index is 0. The van der Waals surface area contributed by atoms with Crippen LogP contribution >= 0.6 is 12.4 Å². The number of fused-ring (bicyclic) bond motifs is 1. The summed E-state index contributed by atoms with van der Waals surface area (Å²) in [5, 5.41) is 0.944. The van der Waals surface area contributed by atoms with Crippen molar-refractivity contribution in [2.45, 2.75) is 0 Å². The van der Waals surface area contributed by atoms with E-state index in [4.69, 9.17) is 10.2 Å². The molecule has 0 saturated heterocycles. The number of halogens is 1. The Kier molecular flexibility index (Phi) is 2.01. The molecule has 0 radical (unpaired) electrons. The van der Waals surface area contributed by atoms with Crippen molar-refractivity contribution in [1.82, 2.24) is 4.98 Å². The zero-order valence-corrected chi connectivity index (χ0v) is 6.47. The fourth-order valence-corrected chi connectivity index (χ4v) is 0.912. The molecule has 11 heavy (non-hydrogen) atoms. The van der Waals surface area contributed by atoms with Gasteiger partial charge in [-0.25, -0.2) is 0 Å². The largest absolute Gasteiger partial charge is 0.462 e. The third kappa shape index (κ3) is 1.14. The Hall–Kier alpha value is -1.22. The van der Waals surface area contributed by atoms with E-state index < -0.39 is 0 Å². The molecule has 0 saturated carbocycles. The van der Waals surface area contributed by atoms with Crippen LogP contribution in [0.15, 0.2) is 29.1 Å². The zero-order chi connectivity index (χ0) is 6.97. The van der Waals surface area contributed by atoms with E-state index in [2.05, 4.69) is 4.98 Å². The number of nitrogen functional groups attached to an aromatic ring is 1. The van der Waals surface area contributed by atoms with E-state index in [1.54, 1.807) is 18.7 Å². The van der Waals surface area contributed by atoms with E-state index in [1.807, 2.05) is 6.07 Å². The van der Waals surface area contributed by atoms with Gasteiger partial charge in [-0.15, -0.1) is 12.4 Å². The van der Waals surface area contributed by atoms with Gasteiger partial charge in [0.05, 0.1) is 18.1 Å². The highest BCUT2D eigenvalue weighted by Crippen LogP contribution is 2.19. The van der Waals surface area contributed by atoms with Gasteiger partial charge in [0, 0.05) is 11.6 Å². The highest BCUT2D eigenvalue weighted by molar-refractivity contribution is 5.86. The van der Waals surface area contributed by atoms with E-state index in [1.165, 1.54) is 0 Å². The lowest BCUT2D eigenvalue weighted by Crippen LogP contribution is -1.84. The molecule has 0 aliphatic heterocycles. The molecule has 0 atom stereocenters. The topological polar surface area (TPSA) is 52.0 Å². The first kappa shape index (κ1) is 7.88. The number of pyridine rings is 1. The van der Waals surface area contributed by atoms with Crippen LogP contribution in [0.1, 0.15) is 0 Å². The van der Waals surface area contributed by atoms with Crippen LogP contribution in [0.5, 0.6) is 0 Å². The van der Waals surface area contributed by atoms with Gasteiger partial charge >= 0.3 is 0 Å². The van der Waals surface area contributed by atoms with Crippen LogP contribution in [0.4, 0.5) is 5.69 Å². The van der Waals surface area contributed by atoms with Crippen LogP contribution in [0, 0.1) is 0 Å². The first-order valence-electron chi connectivity index (χ1n) is 2.94. The zero-order valence-electron chi connectivity index (χ0n) is 5.65. The summed E-state index contributed by atoms with van der Waals surface area (Å²) in [4.78, 5) is 3.90. The van der Waals surface area contributed by atoms with Crippen molar-refractivity contribution in [3.8, 4) is 0 Å². The Morgan fingerprint density at radius 2 is 2.18 bits per heavy atom. The summed E-state index contributed by atoms with van der Waals surface area (Å²) in [7, 11) is 0. The van der Waals surface area contributed by atoms with Gasteiger partial charge in [0.25, 0.3) is 0 Å². The highest BCUT2D eigenvalue weighted by atomic mass is 35.5. The van der Waals surface area contributed by atoms with Crippen LogP contribution < -0.4 is 5.73 Å². The second-order valence-corrected chi connectivity index (χ2v) is 2.07. The van der Waals surface area contributed by atoms with Crippen LogP contribution in [-0.2, 0) is 0 Å². The van der Waals surface area contributed by atoms with Gasteiger partial charge in [0.15, 0.2) is 5.58 Å². The van der Waals surface area contributed by atoms with Crippen molar-refractivity contribution in [3.63, 3.8) is 0 Å². The molecule has 0 amide bonds. The highest BCUT2D eigenvalue weighted by Gasteiger charge is 1.98. The third-order valence-electron chi connectivity index (χ3n) is 1.39. The summed E-state index contributed by atoms with van der Waals surface area (Å²) in [6, 6.07) is 1.83. The summed E-state index contributed by atoms with van der Waals surface area (Å²) in [6.07, 6.45) is 4.89. The molecule has 2 rings (SSSR count). The fourth-order valence-electron chi connectivity index (χ4n) is 0.912. The summed E-state index contributed by atoms with van der Waals surface area (Å²) in [5.41, 5.74) is 6.85. The van der Waals surface area contributed by atoms with Crippen LogP contribution in [-0.4, -0.2) is 4.98 Å². The second kappa shape index (κ2) is 2.80. The average Bonchev–Trinajstić information content (AvgIpc) is 2.36. The van der Waals surface area contributed by atoms with Crippen molar-refractivity contribution in [1.29, 1.82) is 0 Å². The normalized spacial score (nSPS) is 9.45. The lowest BCUT2D eigenvalue weighted by atomic mass is 10.3. The minimum atomic E-state index is 0. The Bertz CT molecular complexity index is 358. The molecule has 4 heteroatoms. The van der Waals surface area contributed by atoms with Gasteiger partial charge < -0.3 is 10.2 Å². The number of aromatic nitrogens is 1. The quantitative estimate of drug-likeness (QED) is 0.656. The van der Waals surface area contributed by atoms with Gasteiger partial charge in [-0.05, 0) is 6.07 Å².